The summed E-state index contributed by atoms with van der Waals surface area (Å²) in [4.78, 5) is 21.0. The number of aromatic nitrogens is 2. The Balaban J connectivity index is 1.46. The van der Waals surface area contributed by atoms with Crippen molar-refractivity contribution in [3.8, 4) is 11.5 Å². The molecule has 2 heterocycles. The molecule has 0 aliphatic carbocycles. The lowest BCUT2D eigenvalue weighted by Crippen LogP contribution is -2.13. The number of carbonyl (C=O) groups excluding carboxylic acids is 1. The van der Waals surface area contributed by atoms with Crippen LogP contribution in [0.4, 0.5) is 17.3 Å². The molecule has 142 valence electrons. The van der Waals surface area contributed by atoms with Crippen LogP contribution in [-0.2, 0) is 0 Å². The Morgan fingerprint density at radius 1 is 0.964 bits per heavy atom. The average molecular weight is 376 g/mol. The van der Waals surface area contributed by atoms with Gasteiger partial charge in [-0.25, -0.2) is 9.97 Å². The fourth-order valence-corrected chi connectivity index (χ4v) is 3.18. The summed E-state index contributed by atoms with van der Waals surface area (Å²) in [5.74, 6) is 1.42. The lowest BCUT2D eigenvalue weighted by atomic mass is 10.1. The van der Waals surface area contributed by atoms with E-state index < -0.39 is 0 Å². The van der Waals surface area contributed by atoms with Crippen molar-refractivity contribution in [2.24, 2.45) is 0 Å². The molecule has 3 aromatic rings. The van der Waals surface area contributed by atoms with Crippen molar-refractivity contribution in [3.05, 3.63) is 65.0 Å². The standard InChI is InChI=1S/C21H20N4O3/c1-12-6-13(2)19(14(3)7-12)25-21-22-9-15(10-23-21)20(26)24-16-4-5-17-18(8-16)28-11-27-17/h4-10H,11H2,1-3H3,(H,24,26)(H,22,23,25). The first-order chi connectivity index (χ1) is 13.5. The molecule has 0 atom stereocenters. The molecule has 0 saturated heterocycles. The van der Waals surface area contributed by atoms with Crippen molar-refractivity contribution < 1.29 is 14.3 Å². The Morgan fingerprint density at radius 3 is 2.36 bits per heavy atom. The summed E-state index contributed by atoms with van der Waals surface area (Å²) in [5.41, 5.74) is 5.39. The summed E-state index contributed by atoms with van der Waals surface area (Å²) in [6, 6.07) is 9.43. The molecule has 4 rings (SSSR count). The van der Waals surface area contributed by atoms with Gasteiger partial charge in [0.05, 0.1) is 5.56 Å². The predicted octanol–water partition coefficient (Wildman–Crippen LogP) is 4.13. The van der Waals surface area contributed by atoms with Gasteiger partial charge in [0.1, 0.15) is 0 Å². The SMILES string of the molecule is Cc1cc(C)c(Nc2ncc(C(=O)Nc3ccc4c(c3)OCO4)cn2)c(C)c1. The zero-order chi connectivity index (χ0) is 19.7. The number of fused-ring (bicyclic) bond motifs is 1. The molecule has 7 heteroatoms. The highest BCUT2D eigenvalue weighted by Crippen LogP contribution is 2.34. The summed E-state index contributed by atoms with van der Waals surface area (Å²) >= 11 is 0. The molecule has 0 bridgehead atoms. The van der Waals surface area contributed by atoms with Crippen molar-refractivity contribution in [1.82, 2.24) is 9.97 Å². The van der Waals surface area contributed by atoms with Gasteiger partial charge >= 0.3 is 0 Å². The van der Waals surface area contributed by atoms with E-state index in [1.54, 1.807) is 18.2 Å². The molecule has 0 fully saturated rings. The second-order valence-electron chi connectivity index (χ2n) is 6.72. The van der Waals surface area contributed by atoms with Crippen LogP contribution >= 0.6 is 0 Å². The number of aryl methyl sites for hydroxylation is 3. The fraction of sp³-hybridized carbons (Fsp3) is 0.190. The summed E-state index contributed by atoms with van der Waals surface area (Å²) in [6.45, 7) is 6.33. The number of hydrogen-bond acceptors (Lipinski definition) is 6. The molecular weight excluding hydrogens is 356 g/mol. The molecule has 2 aromatic carbocycles. The van der Waals surface area contributed by atoms with Gasteiger partial charge in [-0.2, -0.15) is 0 Å². The second-order valence-corrected chi connectivity index (χ2v) is 6.72. The Morgan fingerprint density at radius 2 is 1.64 bits per heavy atom. The maximum atomic E-state index is 12.4. The molecule has 0 saturated carbocycles. The van der Waals surface area contributed by atoms with E-state index in [-0.39, 0.29) is 12.7 Å². The third-order valence-corrected chi connectivity index (χ3v) is 4.46. The van der Waals surface area contributed by atoms with Crippen molar-refractivity contribution in [2.45, 2.75) is 20.8 Å². The van der Waals surface area contributed by atoms with Crippen LogP contribution in [0.25, 0.3) is 0 Å². The highest BCUT2D eigenvalue weighted by molar-refractivity contribution is 6.04. The number of nitrogens with zero attached hydrogens (tertiary/aromatic N) is 2. The molecule has 0 spiro atoms. The number of amides is 1. The van der Waals surface area contributed by atoms with Gasteiger partial charge < -0.3 is 20.1 Å². The number of hydrogen-bond donors (Lipinski definition) is 2. The number of benzene rings is 2. The smallest absolute Gasteiger partial charge is 0.258 e. The minimum absolute atomic E-state index is 0.189. The zero-order valence-corrected chi connectivity index (χ0v) is 15.9. The van der Waals surface area contributed by atoms with Crippen LogP contribution in [0.5, 0.6) is 11.5 Å². The van der Waals surface area contributed by atoms with Crippen LogP contribution in [-0.4, -0.2) is 22.7 Å². The highest BCUT2D eigenvalue weighted by Gasteiger charge is 2.15. The van der Waals surface area contributed by atoms with Crippen molar-refractivity contribution in [3.63, 3.8) is 0 Å². The minimum Gasteiger partial charge on any atom is -0.454 e. The van der Waals surface area contributed by atoms with E-state index in [9.17, 15) is 4.79 Å². The Hall–Kier alpha value is -3.61. The van der Waals surface area contributed by atoms with Crippen LogP contribution in [0.3, 0.4) is 0 Å². The molecule has 7 nitrogen and oxygen atoms in total. The van der Waals surface area contributed by atoms with E-state index in [1.165, 1.54) is 18.0 Å². The summed E-state index contributed by atoms with van der Waals surface area (Å²) in [6.07, 6.45) is 2.99. The van der Waals surface area contributed by atoms with Gasteiger partial charge in [0.15, 0.2) is 11.5 Å². The Kier molecular flexibility index (Phi) is 4.57. The zero-order valence-electron chi connectivity index (χ0n) is 15.9. The van der Waals surface area contributed by atoms with Gasteiger partial charge in [0, 0.05) is 29.8 Å². The topological polar surface area (TPSA) is 85.4 Å². The number of anilines is 3. The van der Waals surface area contributed by atoms with E-state index in [0.717, 1.165) is 16.8 Å². The molecule has 1 aliphatic heterocycles. The Bertz CT molecular complexity index is 1030. The number of ether oxygens (including phenoxy) is 2. The fourth-order valence-electron chi connectivity index (χ4n) is 3.18. The van der Waals surface area contributed by atoms with Crippen LogP contribution in [0.15, 0.2) is 42.7 Å². The van der Waals surface area contributed by atoms with Crippen LogP contribution in [0.2, 0.25) is 0 Å². The van der Waals surface area contributed by atoms with E-state index in [1.807, 2.05) is 13.8 Å². The summed E-state index contributed by atoms with van der Waals surface area (Å²) < 4.78 is 10.6. The lowest BCUT2D eigenvalue weighted by Gasteiger charge is -2.12. The number of rotatable bonds is 4. The first-order valence-corrected chi connectivity index (χ1v) is 8.87. The van der Waals surface area contributed by atoms with Gasteiger partial charge in [-0.3, -0.25) is 4.79 Å². The minimum atomic E-state index is -0.298. The number of nitrogens with one attached hydrogen (secondary N) is 2. The van der Waals surface area contributed by atoms with E-state index in [0.29, 0.717) is 28.7 Å². The van der Waals surface area contributed by atoms with E-state index in [2.05, 4.69) is 39.7 Å². The van der Waals surface area contributed by atoms with Gasteiger partial charge in [-0.1, -0.05) is 17.7 Å². The van der Waals surface area contributed by atoms with Crippen molar-refractivity contribution in [2.75, 3.05) is 17.4 Å². The summed E-state index contributed by atoms with van der Waals surface area (Å²) in [7, 11) is 0. The average Bonchev–Trinajstić information content (AvgIpc) is 3.13. The van der Waals surface area contributed by atoms with Gasteiger partial charge in [0.25, 0.3) is 5.91 Å². The largest absolute Gasteiger partial charge is 0.454 e. The highest BCUT2D eigenvalue weighted by atomic mass is 16.7. The van der Waals surface area contributed by atoms with Gasteiger partial charge in [-0.05, 0) is 44.0 Å². The second kappa shape index (κ2) is 7.19. The lowest BCUT2D eigenvalue weighted by molar-refractivity contribution is 0.102. The van der Waals surface area contributed by atoms with Gasteiger partial charge in [0.2, 0.25) is 12.7 Å². The molecule has 2 N–H and O–H groups in total. The Labute approximate surface area is 162 Å². The molecule has 1 aromatic heterocycles. The maximum absolute atomic E-state index is 12.4. The number of carbonyl (C=O) groups is 1. The molecule has 0 radical (unpaired) electrons. The third kappa shape index (κ3) is 3.59. The van der Waals surface area contributed by atoms with Crippen LogP contribution in [0.1, 0.15) is 27.0 Å². The molecular formula is C21H20N4O3. The normalized spacial score (nSPS) is 12.0. The monoisotopic (exact) mass is 376 g/mol. The van der Waals surface area contributed by atoms with Gasteiger partial charge in [-0.15, -0.1) is 0 Å². The van der Waals surface area contributed by atoms with Crippen LogP contribution < -0.4 is 20.1 Å². The predicted molar refractivity (Wildman–Crippen MR) is 106 cm³/mol. The van der Waals surface area contributed by atoms with E-state index in [4.69, 9.17) is 9.47 Å². The molecule has 28 heavy (non-hydrogen) atoms. The van der Waals surface area contributed by atoms with Crippen molar-refractivity contribution in [1.29, 1.82) is 0 Å². The quantitative estimate of drug-likeness (QED) is 0.712. The maximum Gasteiger partial charge on any atom is 0.258 e. The molecule has 1 amide bonds. The summed E-state index contributed by atoms with van der Waals surface area (Å²) in [5, 5.41) is 6.03. The molecule has 1 aliphatic rings. The third-order valence-electron chi connectivity index (χ3n) is 4.46. The van der Waals surface area contributed by atoms with Crippen LogP contribution in [0, 0.1) is 20.8 Å². The first-order valence-electron chi connectivity index (χ1n) is 8.87. The van der Waals surface area contributed by atoms with E-state index >= 15 is 0 Å². The van der Waals surface area contributed by atoms with Crippen molar-refractivity contribution >= 4 is 23.2 Å². The first kappa shape index (κ1) is 17.8. The molecule has 0 unspecified atom stereocenters.